The highest BCUT2D eigenvalue weighted by Gasteiger charge is 2.72. The number of aromatic nitrogens is 2. The minimum Gasteiger partial charge on any atom is -0.478 e. The summed E-state index contributed by atoms with van der Waals surface area (Å²) in [5.41, 5.74) is 0.126. The summed E-state index contributed by atoms with van der Waals surface area (Å²) in [4.78, 5) is 26.0. The van der Waals surface area contributed by atoms with E-state index in [9.17, 15) is 13.6 Å². The van der Waals surface area contributed by atoms with Crippen LogP contribution in [0.25, 0.3) is 4.85 Å². The van der Waals surface area contributed by atoms with E-state index in [2.05, 4.69) is 14.8 Å². The highest BCUT2D eigenvalue weighted by atomic mass is 19.1. The predicted octanol–water partition coefficient (Wildman–Crippen LogP) is 4.03. The van der Waals surface area contributed by atoms with E-state index < -0.39 is 17.6 Å². The lowest BCUT2D eigenvalue weighted by molar-refractivity contribution is -0.226. The number of hydrogen-bond acceptors (Lipinski definition) is 4. The van der Waals surface area contributed by atoms with Gasteiger partial charge in [-0.2, -0.15) is 4.98 Å². The number of benzene rings is 1. The number of carbonyl (C=O) groups excluding carboxylic acids is 1. The van der Waals surface area contributed by atoms with E-state index in [1.54, 1.807) is 17.0 Å². The van der Waals surface area contributed by atoms with Crippen LogP contribution in [-0.2, 0) is 4.79 Å². The van der Waals surface area contributed by atoms with Gasteiger partial charge in [-0.1, -0.05) is 18.7 Å². The molecule has 6 nitrogen and oxygen atoms in total. The lowest BCUT2D eigenvalue weighted by Crippen LogP contribution is -2.69. The van der Waals surface area contributed by atoms with E-state index in [0.29, 0.717) is 37.3 Å². The molecule has 0 spiro atoms. The molecule has 4 aliphatic rings. The molecule has 30 heavy (non-hydrogen) atoms. The molecule has 6 rings (SSSR count). The Kier molecular flexibility index (Phi) is 4.24. The molecular weight excluding hydrogens is 390 g/mol. The molecule has 1 aromatic heterocycles. The molecule has 1 saturated heterocycles. The third-order valence-corrected chi connectivity index (χ3v) is 6.61. The van der Waals surface area contributed by atoms with E-state index in [4.69, 9.17) is 11.3 Å². The first-order valence-electron chi connectivity index (χ1n) is 9.95. The minimum atomic E-state index is -1.10. The van der Waals surface area contributed by atoms with Crippen molar-refractivity contribution in [2.24, 2.45) is 10.8 Å². The third kappa shape index (κ3) is 3.00. The van der Waals surface area contributed by atoms with E-state index in [0.717, 1.165) is 0 Å². The van der Waals surface area contributed by atoms with E-state index in [1.807, 2.05) is 0 Å². The fourth-order valence-corrected chi connectivity index (χ4v) is 5.42. The summed E-state index contributed by atoms with van der Waals surface area (Å²) < 4.78 is 33.6. The van der Waals surface area contributed by atoms with Crippen molar-refractivity contribution in [1.82, 2.24) is 14.9 Å². The lowest BCUT2D eigenvalue weighted by atomic mass is 9.35. The maximum atomic E-state index is 14.2. The van der Waals surface area contributed by atoms with Crippen molar-refractivity contribution < 1.29 is 18.3 Å². The predicted molar refractivity (Wildman–Crippen MR) is 103 cm³/mol. The van der Waals surface area contributed by atoms with Gasteiger partial charge in [0.2, 0.25) is 18.1 Å². The molecule has 2 aromatic rings. The van der Waals surface area contributed by atoms with Crippen LogP contribution in [0.3, 0.4) is 0 Å². The monoisotopic (exact) mass is 410 g/mol. The van der Waals surface area contributed by atoms with Crippen LogP contribution in [0.15, 0.2) is 36.7 Å². The van der Waals surface area contributed by atoms with Crippen molar-refractivity contribution in [2.75, 3.05) is 13.2 Å². The Morgan fingerprint density at radius 3 is 2.83 bits per heavy atom. The Hall–Kier alpha value is -3.08. The van der Waals surface area contributed by atoms with Crippen LogP contribution in [0, 0.1) is 23.2 Å². The quantitative estimate of drug-likeness (QED) is 0.699. The fourth-order valence-electron chi connectivity index (χ4n) is 5.42. The van der Waals surface area contributed by atoms with Crippen molar-refractivity contribution >= 4 is 11.7 Å². The topological polar surface area (TPSA) is 59.7 Å². The van der Waals surface area contributed by atoms with Gasteiger partial charge in [0.05, 0.1) is 24.6 Å². The zero-order valence-corrected chi connectivity index (χ0v) is 16.2. The van der Waals surface area contributed by atoms with Crippen molar-refractivity contribution in [1.29, 1.82) is 0 Å². The maximum Gasteiger partial charge on any atom is 0.276 e. The van der Waals surface area contributed by atoms with Gasteiger partial charge in [0.1, 0.15) is 12.0 Å². The van der Waals surface area contributed by atoms with Gasteiger partial charge in [-0.05, 0) is 37.0 Å². The third-order valence-electron chi connectivity index (χ3n) is 6.61. The average molecular weight is 410 g/mol. The standard InChI is InChI=1S/C22H20F2N4O2/c1-25-18-7-19(27-13-26-18)30-12-21-9-22(10-21,11-21)20(29)28-8-16(24)6-17(28)14-3-2-4-15(23)5-14/h2-5,7,13,16-17H,6,8-12H2. The summed E-state index contributed by atoms with van der Waals surface area (Å²) in [7, 11) is 0. The molecule has 2 heterocycles. The smallest absolute Gasteiger partial charge is 0.276 e. The van der Waals surface area contributed by atoms with E-state index >= 15 is 0 Å². The second-order valence-corrected chi connectivity index (χ2v) is 8.79. The van der Waals surface area contributed by atoms with Crippen molar-refractivity contribution in [3.8, 4) is 5.88 Å². The van der Waals surface area contributed by atoms with Crippen LogP contribution in [0.1, 0.15) is 37.3 Å². The number of carbonyl (C=O) groups is 1. The molecule has 0 radical (unpaired) electrons. The van der Waals surface area contributed by atoms with Gasteiger partial charge in [0.25, 0.3) is 5.82 Å². The molecule has 2 bridgehead atoms. The van der Waals surface area contributed by atoms with Crippen LogP contribution in [0.4, 0.5) is 14.6 Å². The molecule has 1 aliphatic heterocycles. The van der Waals surface area contributed by atoms with Crippen LogP contribution < -0.4 is 4.74 Å². The van der Waals surface area contributed by atoms with Gasteiger partial charge < -0.3 is 14.5 Å². The minimum absolute atomic E-state index is 0.0314. The van der Waals surface area contributed by atoms with E-state index in [-0.39, 0.29) is 35.9 Å². The summed E-state index contributed by atoms with van der Waals surface area (Å²) in [5.74, 6) is 0.167. The molecule has 2 unspecified atom stereocenters. The van der Waals surface area contributed by atoms with Crippen LogP contribution >= 0.6 is 0 Å². The number of rotatable bonds is 5. The Morgan fingerprint density at radius 1 is 1.30 bits per heavy atom. The van der Waals surface area contributed by atoms with Crippen molar-refractivity contribution in [3.05, 3.63) is 59.5 Å². The molecule has 2 atom stereocenters. The zero-order valence-electron chi connectivity index (χ0n) is 16.2. The van der Waals surface area contributed by atoms with Gasteiger partial charge in [0, 0.05) is 17.9 Å². The second kappa shape index (κ2) is 6.73. The van der Waals surface area contributed by atoms with Gasteiger partial charge >= 0.3 is 0 Å². The Bertz CT molecular complexity index is 1030. The molecule has 0 N–H and O–H groups in total. The number of amides is 1. The summed E-state index contributed by atoms with van der Waals surface area (Å²) >= 11 is 0. The normalized spacial score (nSPS) is 31.4. The molecule has 4 fully saturated rings. The first kappa shape index (κ1) is 18.9. The highest BCUT2D eigenvalue weighted by molar-refractivity contribution is 5.87. The first-order chi connectivity index (χ1) is 14.4. The molecule has 8 heteroatoms. The number of halogens is 2. The van der Waals surface area contributed by atoms with Crippen LogP contribution in [0.5, 0.6) is 5.88 Å². The molecular formula is C22H20F2N4O2. The number of alkyl halides is 1. The Balaban J connectivity index is 1.23. The van der Waals surface area contributed by atoms with Crippen LogP contribution in [-0.4, -0.2) is 40.1 Å². The van der Waals surface area contributed by atoms with Crippen molar-refractivity contribution in [3.63, 3.8) is 0 Å². The van der Waals surface area contributed by atoms with Gasteiger partial charge in [-0.15, -0.1) is 4.98 Å². The fraction of sp³-hybridized carbons (Fsp3) is 0.455. The Morgan fingerprint density at radius 2 is 2.10 bits per heavy atom. The summed E-state index contributed by atoms with van der Waals surface area (Å²) in [6.07, 6.45) is 2.50. The number of likely N-dealkylation sites (tertiary alicyclic amines) is 1. The molecule has 3 saturated carbocycles. The summed E-state index contributed by atoms with van der Waals surface area (Å²) in [6.45, 7) is 7.49. The highest BCUT2D eigenvalue weighted by Crippen LogP contribution is 2.74. The SMILES string of the molecule is [C-]#[N+]c1cc(OCC23CC(C(=O)N4CC(F)CC4c4cccc(F)c4)(C2)C3)ncn1. The largest absolute Gasteiger partial charge is 0.478 e. The van der Waals surface area contributed by atoms with Gasteiger partial charge in [-0.25, -0.2) is 8.78 Å². The average Bonchev–Trinajstić information content (AvgIpc) is 3.08. The number of ether oxygens (including phenoxy) is 1. The molecule has 1 aromatic carbocycles. The number of nitrogens with zero attached hydrogens (tertiary/aromatic N) is 4. The van der Waals surface area contributed by atoms with Crippen molar-refractivity contribution in [2.45, 2.75) is 37.9 Å². The lowest BCUT2D eigenvalue weighted by Gasteiger charge is -2.69. The summed E-state index contributed by atoms with van der Waals surface area (Å²) in [6, 6.07) is 7.16. The molecule has 154 valence electrons. The van der Waals surface area contributed by atoms with Gasteiger partial charge in [0.15, 0.2) is 0 Å². The Labute approximate surface area is 172 Å². The molecule has 3 aliphatic carbocycles. The van der Waals surface area contributed by atoms with Gasteiger partial charge in [-0.3, -0.25) is 4.79 Å². The van der Waals surface area contributed by atoms with E-state index in [1.165, 1.54) is 24.5 Å². The number of hydrogen-bond donors (Lipinski definition) is 0. The first-order valence-corrected chi connectivity index (χ1v) is 9.95. The second-order valence-electron chi connectivity index (χ2n) is 8.79. The zero-order chi connectivity index (χ0) is 20.9. The maximum absolute atomic E-state index is 14.2. The molecule has 1 amide bonds. The summed E-state index contributed by atoms with van der Waals surface area (Å²) in [5, 5.41) is 0. The van der Waals surface area contributed by atoms with Crippen LogP contribution in [0.2, 0.25) is 0 Å².